The lowest BCUT2D eigenvalue weighted by molar-refractivity contribution is 0.488. The van der Waals surface area contributed by atoms with Crippen LogP contribution in [0.4, 0.5) is 0 Å². The van der Waals surface area contributed by atoms with Gasteiger partial charge < -0.3 is 0 Å². The monoisotopic (exact) mass is 367 g/mol. The van der Waals surface area contributed by atoms with Crippen LogP contribution in [0.5, 0.6) is 0 Å². The van der Waals surface area contributed by atoms with Crippen LogP contribution in [0.2, 0.25) is 0 Å². The van der Waals surface area contributed by atoms with E-state index in [1.54, 1.807) is 6.07 Å². The molecule has 110 valence electrons. The first-order valence-electron chi connectivity index (χ1n) is 6.50. The summed E-state index contributed by atoms with van der Waals surface area (Å²) in [6.45, 7) is 8.12. The molecule has 1 atom stereocenters. The summed E-state index contributed by atoms with van der Waals surface area (Å²) in [5.74, 6) is 0.666. The van der Waals surface area contributed by atoms with E-state index in [-0.39, 0.29) is 6.04 Å². The van der Waals surface area contributed by atoms with Crippen LogP contribution in [0, 0.1) is 12.8 Å². The van der Waals surface area contributed by atoms with E-state index in [1.807, 2.05) is 13.8 Å². The molecule has 0 aliphatic rings. The summed E-state index contributed by atoms with van der Waals surface area (Å²) in [4.78, 5) is 1.20. The Hall–Kier alpha value is 0.0900. The van der Waals surface area contributed by atoms with Crippen molar-refractivity contribution < 1.29 is 8.42 Å². The smallest absolute Gasteiger partial charge is 0.208 e. The SMILES string of the molecule is Cc1sc(Br)cc1S(=O)(=O)NC(C)CCCC(C)C. The Labute approximate surface area is 129 Å². The first-order chi connectivity index (χ1) is 8.72. The lowest BCUT2D eigenvalue weighted by atomic mass is 10.0. The molecule has 1 aromatic rings. The molecule has 0 fully saturated rings. The zero-order chi connectivity index (χ0) is 14.6. The van der Waals surface area contributed by atoms with Crippen molar-refractivity contribution in [2.24, 2.45) is 5.92 Å². The van der Waals surface area contributed by atoms with Crippen molar-refractivity contribution in [3.05, 3.63) is 14.7 Å². The Kier molecular flexibility index (Phi) is 6.50. The van der Waals surface area contributed by atoms with Gasteiger partial charge in [0.1, 0.15) is 0 Å². The summed E-state index contributed by atoms with van der Waals surface area (Å²) in [5.41, 5.74) is 0. The van der Waals surface area contributed by atoms with Crippen molar-refractivity contribution in [3.8, 4) is 0 Å². The third-order valence-corrected chi connectivity index (χ3v) is 6.31. The van der Waals surface area contributed by atoms with E-state index in [0.29, 0.717) is 10.8 Å². The fourth-order valence-corrected chi connectivity index (χ4v) is 5.61. The second-order valence-corrected chi connectivity index (χ2v) is 9.64. The molecule has 1 unspecified atom stereocenters. The van der Waals surface area contributed by atoms with E-state index in [2.05, 4.69) is 34.5 Å². The number of hydrogen-bond acceptors (Lipinski definition) is 3. The summed E-state index contributed by atoms with van der Waals surface area (Å²) in [6.07, 6.45) is 3.06. The molecular formula is C13H22BrNO2S2. The second kappa shape index (κ2) is 7.20. The first kappa shape index (κ1) is 17.1. The third-order valence-electron chi connectivity index (χ3n) is 2.91. The number of halogens is 1. The number of hydrogen-bond donors (Lipinski definition) is 1. The average molecular weight is 368 g/mol. The van der Waals surface area contributed by atoms with Crippen LogP contribution in [0.1, 0.15) is 44.9 Å². The molecule has 0 saturated heterocycles. The van der Waals surface area contributed by atoms with Crippen LogP contribution in [0.25, 0.3) is 0 Å². The van der Waals surface area contributed by atoms with Crippen LogP contribution in [0.15, 0.2) is 14.7 Å². The highest BCUT2D eigenvalue weighted by atomic mass is 79.9. The van der Waals surface area contributed by atoms with Crippen molar-refractivity contribution in [2.45, 2.75) is 57.9 Å². The maximum Gasteiger partial charge on any atom is 0.241 e. The van der Waals surface area contributed by atoms with Crippen molar-refractivity contribution in [2.75, 3.05) is 0 Å². The Balaban J connectivity index is 2.62. The van der Waals surface area contributed by atoms with E-state index >= 15 is 0 Å². The molecule has 1 aromatic heterocycles. The van der Waals surface area contributed by atoms with Gasteiger partial charge in [-0.15, -0.1) is 11.3 Å². The van der Waals surface area contributed by atoms with Gasteiger partial charge >= 0.3 is 0 Å². The Bertz CT molecular complexity index is 509. The number of thiophene rings is 1. The predicted octanol–water partition coefficient (Wildman–Crippen LogP) is 4.31. The van der Waals surface area contributed by atoms with Crippen molar-refractivity contribution in [1.29, 1.82) is 0 Å². The molecule has 3 nitrogen and oxygen atoms in total. The Morgan fingerprint density at radius 1 is 1.32 bits per heavy atom. The van der Waals surface area contributed by atoms with Gasteiger partial charge in [-0.2, -0.15) is 0 Å². The van der Waals surface area contributed by atoms with E-state index in [0.717, 1.165) is 27.9 Å². The van der Waals surface area contributed by atoms with Gasteiger partial charge in [-0.25, -0.2) is 13.1 Å². The number of sulfonamides is 1. The molecule has 0 aromatic carbocycles. The highest BCUT2D eigenvalue weighted by Crippen LogP contribution is 2.29. The molecule has 0 bridgehead atoms. The maximum absolute atomic E-state index is 12.2. The van der Waals surface area contributed by atoms with Gasteiger partial charge in [-0.05, 0) is 48.2 Å². The summed E-state index contributed by atoms with van der Waals surface area (Å²) in [5, 5.41) is 0. The van der Waals surface area contributed by atoms with Gasteiger partial charge in [0.05, 0.1) is 8.68 Å². The van der Waals surface area contributed by atoms with Crippen LogP contribution in [0.3, 0.4) is 0 Å². The summed E-state index contributed by atoms with van der Waals surface area (Å²) in [6, 6.07) is 1.64. The molecule has 6 heteroatoms. The number of aryl methyl sites for hydroxylation is 1. The minimum Gasteiger partial charge on any atom is -0.208 e. The minimum absolute atomic E-state index is 0.0261. The normalized spacial score (nSPS) is 14.0. The van der Waals surface area contributed by atoms with Gasteiger partial charge in [0.2, 0.25) is 10.0 Å². The second-order valence-electron chi connectivity index (χ2n) is 5.32. The first-order valence-corrected chi connectivity index (χ1v) is 9.60. The largest absolute Gasteiger partial charge is 0.241 e. The molecule has 0 saturated carbocycles. The van der Waals surface area contributed by atoms with Gasteiger partial charge in [0.15, 0.2) is 0 Å². The fourth-order valence-electron chi connectivity index (χ4n) is 1.92. The summed E-state index contributed by atoms with van der Waals surface area (Å²) < 4.78 is 28.1. The molecular weight excluding hydrogens is 346 g/mol. The quantitative estimate of drug-likeness (QED) is 0.779. The van der Waals surface area contributed by atoms with E-state index in [9.17, 15) is 8.42 Å². The van der Waals surface area contributed by atoms with Crippen molar-refractivity contribution >= 4 is 37.3 Å². The lowest BCUT2D eigenvalue weighted by Gasteiger charge is -2.14. The molecule has 0 radical (unpaired) electrons. The Morgan fingerprint density at radius 3 is 2.42 bits per heavy atom. The lowest BCUT2D eigenvalue weighted by Crippen LogP contribution is -2.32. The zero-order valence-corrected chi connectivity index (χ0v) is 15.1. The van der Waals surface area contributed by atoms with E-state index in [4.69, 9.17) is 0 Å². The van der Waals surface area contributed by atoms with Gasteiger partial charge in [-0.1, -0.05) is 26.7 Å². The minimum atomic E-state index is -3.39. The number of nitrogens with one attached hydrogen (secondary N) is 1. The van der Waals surface area contributed by atoms with Crippen LogP contribution >= 0.6 is 27.3 Å². The molecule has 0 amide bonds. The highest BCUT2D eigenvalue weighted by Gasteiger charge is 2.21. The predicted molar refractivity (Wildman–Crippen MR) is 85.2 cm³/mol. The van der Waals surface area contributed by atoms with Crippen LogP contribution in [-0.2, 0) is 10.0 Å². The van der Waals surface area contributed by atoms with Gasteiger partial charge in [0.25, 0.3) is 0 Å². The van der Waals surface area contributed by atoms with Crippen molar-refractivity contribution in [1.82, 2.24) is 4.72 Å². The molecule has 0 spiro atoms. The van der Waals surface area contributed by atoms with Gasteiger partial charge in [0, 0.05) is 10.9 Å². The van der Waals surface area contributed by atoms with E-state index in [1.165, 1.54) is 11.3 Å². The topological polar surface area (TPSA) is 46.2 Å². The third kappa shape index (κ3) is 5.53. The molecule has 1 rings (SSSR count). The molecule has 1 heterocycles. The van der Waals surface area contributed by atoms with Gasteiger partial charge in [-0.3, -0.25) is 0 Å². The zero-order valence-electron chi connectivity index (χ0n) is 11.9. The number of rotatable bonds is 7. The van der Waals surface area contributed by atoms with Crippen LogP contribution in [-0.4, -0.2) is 14.5 Å². The Morgan fingerprint density at radius 2 is 1.95 bits per heavy atom. The maximum atomic E-state index is 12.2. The van der Waals surface area contributed by atoms with Crippen molar-refractivity contribution in [3.63, 3.8) is 0 Å². The molecule has 0 aliphatic carbocycles. The highest BCUT2D eigenvalue weighted by molar-refractivity contribution is 9.11. The molecule has 1 N–H and O–H groups in total. The average Bonchev–Trinajstić information content (AvgIpc) is 2.57. The fraction of sp³-hybridized carbons (Fsp3) is 0.692. The summed E-state index contributed by atoms with van der Waals surface area (Å²) >= 11 is 4.77. The van der Waals surface area contributed by atoms with E-state index < -0.39 is 10.0 Å². The molecule has 0 aliphatic heterocycles. The summed E-state index contributed by atoms with van der Waals surface area (Å²) in [7, 11) is -3.39. The molecule has 19 heavy (non-hydrogen) atoms. The van der Waals surface area contributed by atoms with Crippen LogP contribution < -0.4 is 4.72 Å². The standard InChI is InChI=1S/C13H22BrNO2S2/c1-9(2)6-5-7-10(3)15-19(16,17)12-8-13(14)18-11(12)4/h8-10,15H,5-7H2,1-4H3.